The second-order valence-corrected chi connectivity index (χ2v) is 10.7. The summed E-state index contributed by atoms with van der Waals surface area (Å²) in [6.07, 6.45) is -0.572. The quantitative estimate of drug-likeness (QED) is 0.597. The van der Waals surface area contributed by atoms with Crippen molar-refractivity contribution in [2.45, 2.75) is 21.7 Å². The van der Waals surface area contributed by atoms with Crippen LogP contribution in [0, 0.1) is 0 Å². The van der Waals surface area contributed by atoms with E-state index in [1.54, 1.807) is 7.11 Å². The first-order valence-corrected chi connectivity index (χ1v) is 12.5. The van der Waals surface area contributed by atoms with Crippen LogP contribution in [0.3, 0.4) is 0 Å². The lowest BCUT2D eigenvalue weighted by atomic mass is 10.2. The molecular formula is C16H18ClN3O5S3. The van der Waals surface area contributed by atoms with Gasteiger partial charge in [-0.2, -0.15) is 16.5 Å². The fourth-order valence-electron chi connectivity index (χ4n) is 2.65. The molecule has 2 aromatic carbocycles. The fraction of sp³-hybridized carbons (Fsp3) is 0.250. The standard InChI is InChI=1S/C16H18ClN3O5S3/c1-25-11-4-2-10(3-5-11)8-26-9-16-19-13-6-12(17)14(27(18,21)22)7-15(13)28(23,24)20-16/h2-7,16,19-20H,8-9H2,1H3,(H2,18,21,22). The molecule has 0 aromatic heterocycles. The molecule has 1 heterocycles. The minimum absolute atomic E-state index is 0.143. The highest BCUT2D eigenvalue weighted by molar-refractivity contribution is 7.98. The largest absolute Gasteiger partial charge is 0.497 e. The molecule has 0 spiro atoms. The van der Waals surface area contributed by atoms with Gasteiger partial charge in [0.1, 0.15) is 15.5 Å². The molecule has 8 nitrogen and oxygen atoms in total. The number of sulfonamides is 2. The van der Waals surface area contributed by atoms with E-state index in [-0.39, 0.29) is 15.6 Å². The van der Waals surface area contributed by atoms with Gasteiger partial charge in [-0.05, 0) is 29.8 Å². The SMILES string of the molecule is COc1ccc(CSCC2Nc3cc(Cl)c(S(N)(=O)=O)cc3S(=O)(=O)N2)cc1. The number of primary sulfonamides is 1. The summed E-state index contributed by atoms with van der Waals surface area (Å²) in [4.78, 5) is -0.648. The number of rotatable bonds is 6. The molecule has 3 rings (SSSR count). The number of methoxy groups -OCH3 is 1. The van der Waals surface area contributed by atoms with Gasteiger partial charge in [0.05, 0.1) is 24.0 Å². The second kappa shape index (κ2) is 8.09. The first-order valence-electron chi connectivity index (χ1n) is 7.96. The van der Waals surface area contributed by atoms with Crippen molar-refractivity contribution in [2.24, 2.45) is 5.14 Å². The Balaban J connectivity index is 1.73. The lowest BCUT2D eigenvalue weighted by Gasteiger charge is -2.28. The van der Waals surface area contributed by atoms with Crippen molar-refractivity contribution < 1.29 is 21.6 Å². The number of thioether (sulfide) groups is 1. The summed E-state index contributed by atoms with van der Waals surface area (Å²) in [6.45, 7) is 0. The lowest BCUT2D eigenvalue weighted by molar-refractivity contribution is 0.414. The number of benzene rings is 2. The van der Waals surface area contributed by atoms with Crippen LogP contribution in [0.25, 0.3) is 0 Å². The van der Waals surface area contributed by atoms with Gasteiger partial charge in [-0.25, -0.2) is 22.0 Å². The Hall–Kier alpha value is -1.50. The van der Waals surface area contributed by atoms with Gasteiger partial charge in [0.25, 0.3) is 0 Å². The Morgan fingerprint density at radius 2 is 1.93 bits per heavy atom. The molecule has 1 aliphatic heterocycles. The highest BCUT2D eigenvalue weighted by Crippen LogP contribution is 2.34. The van der Waals surface area contributed by atoms with Crippen LogP contribution in [-0.2, 0) is 25.8 Å². The monoisotopic (exact) mass is 463 g/mol. The molecule has 4 N–H and O–H groups in total. The van der Waals surface area contributed by atoms with Gasteiger partial charge in [-0.3, -0.25) is 0 Å². The van der Waals surface area contributed by atoms with Gasteiger partial charge in [0, 0.05) is 11.5 Å². The highest BCUT2D eigenvalue weighted by atomic mass is 35.5. The number of fused-ring (bicyclic) bond motifs is 1. The molecule has 1 aliphatic rings. The highest BCUT2D eigenvalue weighted by Gasteiger charge is 2.31. The molecule has 12 heteroatoms. The number of nitrogens with one attached hydrogen (secondary N) is 2. The predicted octanol–water partition coefficient (Wildman–Crippen LogP) is 1.96. The molecule has 1 unspecified atom stereocenters. The van der Waals surface area contributed by atoms with E-state index in [0.717, 1.165) is 17.4 Å². The summed E-state index contributed by atoms with van der Waals surface area (Å²) in [5.41, 5.74) is 1.30. The van der Waals surface area contributed by atoms with E-state index in [1.165, 1.54) is 17.8 Å². The number of hydrogen-bond donors (Lipinski definition) is 3. The molecule has 0 saturated heterocycles. The van der Waals surface area contributed by atoms with Gasteiger partial charge >= 0.3 is 0 Å². The third-order valence-electron chi connectivity index (χ3n) is 3.97. The smallest absolute Gasteiger partial charge is 0.244 e. The summed E-state index contributed by atoms with van der Waals surface area (Å²) >= 11 is 7.50. The van der Waals surface area contributed by atoms with Crippen molar-refractivity contribution >= 4 is 49.1 Å². The first-order chi connectivity index (χ1) is 13.1. The van der Waals surface area contributed by atoms with Gasteiger partial charge in [-0.1, -0.05) is 23.7 Å². The number of hydrogen-bond acceptors (Lipinski definition) is 7. The first kappa shape index (κ1) is 21.2. The number of nitrogens with two attached hydrogens (primary N) is 1. The molecule has 2 aromatic rings. The lowest BCUT2D eigenvalue weighted by Crippen LogP contribution is -2.46. The van der Waals surface area contributed by atoms with Crippen molar-refractivity contribution in [3.05, 3.63) is 47.0 Å². The predicted molar refractivity (Wildman–Crippen MR) is 110 cm³/mol. The van der Waals surface area contributed by atoms with Gasteiger partial charge in [0.15, 0.2) is 0 Å². The third-order valence-corrected chi connectivity index (χ3v) is 7.96. The van der Waals surface area contributed by atoms with Crippen LogP contribution < -0.4 is 19.9 Å². The molecule has 28 heavy (non-hydrogen) atoms. The zero-order chi connectivity index (χ0) is 20.5. The minimum atomic E-state index is -4.15. The number of ether oxygens (including phenoxy) is 1. The molecule has 0 aliphatic carbocycles. The zero-order valence-electron chi connectivity index (χ0n) is 14.7. The Labute approximate surface area is 172 Å². The molecule has 152 valence electrons. The normalized spacial score (nSPS) is 18.2. The topological polar surface area (TPSA) is 128 Å². The van der Waals surface area contributed by atoms with Crippen molar-refractivity contribution in [2.75, 3.05) is 18.2 Å². The third kappa shape index (κ3) is 4.73. The molecule has 0 amide bonds. The Bertz CT molecular complexity index is 1090. The van der Waals surface area contributed by atoms with Crippen LogP contribution >= 0.6 is 23.4 Å². The van der Waals surface area contributed by atoms with E-state index in [0.29, 0.717) is 11.5 Å². The maximum atomic E-state index is 12.5. The maximum Gasteiger partial charge on any atom is 0.244 e. The average molecular weight is 464 g/mol. The summed E-state index contributed by atoms with van der Waals surface area (Å²) in [5.74, 6) is 1.89. The van der Waals surface area contributed by atoms with E-state index in [4.69, 9.17) is 21.5 Å². The Morgan fingerprint density at radius 3 is 2.54 bits per heavy atom. The van der Waals surface area contributed by atoms with E-state index in [9.17, 15) is 16.8 Å². The van der Waals surface area contributed by atoms with Crippen LogP contribution in [0.5, 0.6) is 5.75 Å². The molecule has 0 saturated carbocycles. The Morgan fingerprint density at radius 1 is 1.25 bits per heavy atom. The van der Waals surface area contributed by atoms with Gasteiger partial charge < -0.3 is 10.1 Å². The molecule has 0 bridgehead atoms. The van der Waals surface area contributed by atoms with Crippen LogP contribution in [0.1, 0.15) is 5.56 Å². The summed E-state index contributed by atoms with van der Waals surface area (Å²) < 4.78 is 55.8. The van der Waals surface area contributed by atoms with Gasteiger partial charge in [-0.15, -0.1) is 0 Å². The van der Waals surface area contributed by atoms with Crippen molar-refractivity contribution in [1.29, 1.82) is 0 Å². The van der Waals surface area contributed by atoms with Crippen LogP contribution in [0.2, 0.25) is 5.02 Å². The molecule has 0 radical (unpaired) electrons. The second-order valence-electron chi connectivity index (χ2n) is 6.01. The van der Waals surface area contributed by atoms with Crippen LogP contribution in [-0.4, -0.2) is 35.9 Å². The molecule has 1 atom stereocenters. The van der Waals surface area contributed by atoms with Crippen LogP contribution in [0.15, 0.2) is 46.2 Å². The van der Waals surface area contributed by atoms with E-state index in [2.05, 4.69) is 10.0 Å². The summed E-state index contributed by atoms with van der Waals surface area (Å²) in [6, 6.07) is 9.82. The van der Waals surface area contributed by atoms with Crippen molar-refractivity contribution in [1.82, 2.24) is 4.72 Å². The maximum absolute atomic E-state index is 12.5. The van der Waals surface area contributed by atoms with Crippen LogP contribution in [0.4, 0.5) is 5.69 Å². The van der Waals surface area contributed by atoms with Crippen molar-refractivity contribution in [3.8, 4) is 5.75 Å². The summed E-state index contributed by atoms with van der Waals surface area (Å²) in [5, 5.41) is 7.97. The molecule has 0 fully saturated rings. The summed E-state index contributed by atoms with van der Waals surface area (Å²) in [7, 11) is -6.46. The number of halogens is 1. The van der Waals surface area contributed by atoms with E-state index >= 15 is 0 Å². The van der Waals surface area contributed by atoms with E-state index in [1.807, 2.05) is 24.3 Å². The molecular weight excluding hydrogens is 446 g/mol. The van der Waals surface area contributed by atoms with Gasteiger partial charge in [0.2, 0.25) is 20.0 Å². The minimum Gasteiger partial charge on any atom is -0.497 e. The zero-order valence-corrected chi connectivity index (χ0v) is 17.9. The average Bonchev–Trinajstić information content (AvgIpc) is 2.60. The van der Waals surface area contributed by atoms with E-state index < -0.39 is 31.1 Å². The fourth-order valence-corrected chi connectivity index (χ4v) is 6.20. The number of anilines is 1. The van der Waals surface area contributed by atoms with Crippen molar-refractivity contribution in [3.63, 3.8) is 0 Å². The Kier molecular flexibility index (Phi) is 6.13.